The van der Waals surface area contributed by atoms with E-state index in [1.165, 1.54) is 12.0 Å². The van der Waals surface area contributed by atoms with Crippen molar-refractivity contribution in [2.24, 2.45) is 0 Å². The molecule has 0 heterocycles. The Morgan fingerprint density at radius 3 is 2.41 bits per heavy atom. The average Bonchev–Trinajstić information content (AvgIpc) is 3.35. The Kier molecular flexibility index (Phi) is 10.1. The summed E-state index contributed by atoms with van der Waals surface area (Å²) in [7, 11) is -2.45. The average molecular weight is 571 g/mol. The highest BCUT2D eigenvalue weighted by Crippen LogP contribution is 2.30. The first-order chi connectivity index (χ1) is 17.5. The van der Waals surface area contributed by atoms with Crippen molar-refractivity contribution >= 4 is 50.7 Å². The second-order valence-corrected chi connectivity index (χ2v) is 11.9. The number of benzene rings is 2. The maximum Gasteiger partial charge on any atom is 0.244 e. The molecule has 37 heavy (non-hydrogen) atoms. The third-order valence-electron chi connectivity index (χ3n) is 6.48. The van der Waals surface area contributed by atoms with Gasteiger partial charge in [0.05, 0.1) is 19.1 Å². The minimum absolute atomic E-state index is 0.00888. The summed E-state index contributed by atoms with van der Waals surface area (Å²) < 4.78 is 31.9. The number of hydrogen-bond donors (Lipinski definition) is 1. The van der Waals surface area contributed by atoms with Crippen molar-refractivity contribution in [2.75, 3.05) is 24.2 Å². The smallest absolute Gasteiger partial charge is 0.244 e. The zero-order valence-electron chi connectivity index (χ0n) is 21.2. The van der Waals surface area contributed by atoms with Gasteiger partial charge in [-0.25, -0.2) is 8.42 Å². The van der Waals surface area contributed by atoms with E-state index in [0.29, 0.717) is 27.8 Å². The number of amides is 2. The van der Waals surface area contributed by atoms with Crippen LogP contribution in [0, 0.1) is 0 Å². The lowest BCUT2D eigenvalue weighted by atomic mass is 10.1. The molecule has 1 aliphatic rings. The fraction of sp³-hybridized carbons (Fsp3) is 0.462. The van der Waals surface area contributed by atoms with Gasteiger partial charge in [-0.1, -0.05) is 61.2 Å². The summed E-state index contributed by atoms with van der Waals surface area (Å²) >= 11 is 12.5. The van der Waals surface area contributed by atoms with Crippen LogP contribution in [0.15, 0.2) is 42.5 Å². The molecule has 11 heteroatoms. The fourth-order valence-electron chi connectivity index (χ4n) is 4.55. The van der Waals surface area contributed by atoms with Crippen LogP contribution in [-0.2, 0) is 26.2 Å². The summed E-state index contributed by atoms with van der Waals surface area (Å²) in [5.74, 6) is -0.508. The van der Waals surface area contributed by atoms with Crippen molar-refractivity contribution < 1.29 is 22.7 Å². The molecule has 0 bridgehead atoms. The first kappa shape index (κ1) is 29.1. The maximum absolute atomic E-state index is 13.8. The van der Waals surface area contributed by atoms with E-state index in [1.807, 2.05) is 6.92 Å². The number of nitrogens with one attached hydrogen (secondary N) is 1. The van der Waals surface area contributed by atoms with Gasteiger partial charge in [0.25, 0.3) is 0 Å². The number of sulfonamides is 1. The minimum atomic E-state index is -3.88. The van der Waals surface area contributed by atoms with Gasteiger partial charge in [0.1, 0.15) is 18.3 Å². The Balaban J connectivity index is 1.97. The molecule has 1 atom stereocenters. The molecular weight excluding hydrogens is 537 g/mol. The van der Waals surface area contributed by atoms with Crippen molar-refractivity contribution in [3.05, 3.63) is 58.1 Å². The lowest BCUT2D eigenvalue weighted by molar-refractivity contribution is -0.140. The van der Waals surface area contributed by atoms with Crippen molar-refractivity contribution in [1.29, 1.82) is 0 Å². The molecular formula is C26H33Cl2N3O5S. The number of para-hydroxylation sites is 2. The van der Waals surface area contributed by atoms with E-state index in [0.717, 1.165) is 36.2 Å². The van der Waals surface area contributed by atoms with Gasteiger partial charge in [0, 0.05) is 22.6 Å². The predicted octanol–water partition coefficient (Wildman–Crippen LogP) is 4.63. The van der Waals surface area contributed by atoms with Crippen LogP contribution in [0.5, 0.6) is 5.75 Å². The van der Waals surface area contributed by atoms with E-state index in [-0.39, 0.29) is 24.2 Å². The molecule has 3 rings (SSSR count). The lowest BCUT2D eigenvalue weighted by Gasteiger charge is -2.33. The van der Waals surface area contributed by atoms with Crippen LogP contribution >= 0.6 is 23.2 Å². The summed E-state index contributed by atoms with van der Waals surface area (Å²) in [6, 6.07) is 10.7. The Morgan fingerprint density at radius 2 is 1.81 bits per heavy atom. The number of carbonyl (C=O) groups excluding carboxylic acids is 2. The van der Waals surface area contributed by atoms with E-state index in [2.05, 4.69) is 5.32 Å². The van der Waals surface area contributed by atoms with E-state index in [9.17, 15) is 18.0 Å². The molecule has 0 aliphatic heterocycles. The highest BCUT2D eigenvalue weighted by atomic mass is 35.5. The van der Waals surface area contributed by atoms with Gasteiger partial charge in [-0.05, 0) is 49.1 Å². The molecule has 1 aliphatic carbocycles. The molecule has 1 N–H and O–H groups in total. The van der Waals surface area contributed by atoms with Crippen molar-refractivity contribution in [2.45, 2.75) is 57.7 Å². The molecule has 0 radical (unpaired) electrons. The molecule has 8 nitrogen and oxygen atoms in total. The summed E-state index contributed by atoms with van der Waals surface area (Å²) in [6.45, 7) is 1.31. The van der Waals surface area contributed by atoms with E-state index in [4.69, 9.17) is 27.9 Å². The highest BCUT2D eigenvalue weighted by Gasteiger charge is 2.34. The van der Waals surface area contributed by atoms with Crippen LogP contribution in [0.2, 0.25) is 10.0 Å². The van der Waals surface area contributed by atoms with Crippen LogP contribution in [0.1, 0.15) is 44.6 Å². The second kappa shape index (κ2) is 12.8. The molecule has 1 saturated carbocycles. The van der Waals surface area contributed by atoms with E-state index >= 15 is 0 Å². The van der Waals surface area contributed by atoms with Gasteiger partial charge < -0.3 is 15.0 Å². The van der Waals surface area contributed by atoms with Crippen LogP contribution in [0.25, 0.3) is 0 Å². The summed E-state index contributed by atoms with van der Waals surface area (Å²) in [4.78, 5) is 28.6. The van der Waals surface area contributed by atoms with Crippen LogP contribution in [0.3, 0.4) is 0 Å². The molecule has 1 fully saturated rings. The summed E-state index contributed by atoms with van der Waals surface area (Å²) in [5, 5.41) is 3.86. The Labute approximate surface area is 228 Å². The van der Waals surface area contributed by atoms with Crippen molar-refractivity contribution in [1.82, 2.24) is 10.2 Å². The van der Waals surface area contributed by atoms with Crippen molar-refractivity contribution in [3.63, 3.8) is 0 Å². The first-order valence-corrected chi connectivity index (χ1v) is 14.8. The quantitative estimate of drug-likeness (QED) is 0.425. The van der Waals surface area contributed by atoms with Gasteiger partial charge in [-0.15, -0.1) is 0 Å². The van der Waals surface area contributed by atoms with Gasteiger partial charge in [-0.3, -0.25) is 13.9 Å². The predicted molar refractivity (Wildman–Crippen MR) is 147 cm³/mol. The maximum atomic E-state index is 13.8. The van der Waals surface area contributed by atoms with Gasteiger partial charge >= 0.3 is 0 Å². The molecule has 2 aromatic carbocycles. The van der Waals surface area contributed by atoms with Crippen LogP contribution in [0.4, 0.5) is 5.69 Å². The van der Waals surface area contributed by atoms with Gasteiger partial charge in [0.15, 0.2) is 0 Å². The standard InChI is InChI=1S/C26H33Cl2N3O5S/c1-4-22(26(33)29-20-9-5-6-10-20)30(16-18-13-14-19(27)15-21(18)28)25(32)17-31(37(3,34)35)23-11-7-8-12-24(23)36-2/h7-8,11-15,20,22H,4-6,9-10,16-17H2,1-3H3,(H,29,33)/t22-/m0/s1. The molecule has 0 saturated heterocycles. The van der Waals surface area contributed by atoms with Crippen molar-refractivity contribution in [3.8, 4) is 5.75 Å². The van der Waals surface area contributed by atoms with E-state index in [1.54, 1.807) is 42.5 Å². The minimum Gasteiger partial charge on any atom is -0.495 e. The molecule has 0 spiro atoms. The number of rotatable bonds is 11. The van der Waals surface area contributed by atoms with Crippen LogP contribution in [-0.4, -0.2) is 57.1 Å². The van der Waals surface area contributed by atoms with Gasteiger partial charge in [0.2, 0.25) is 21.8 Å². The second-order valence-electron chi connectivity index (χ2n) is 9.11. The third kappa shape index (κ3) is 7.52. The SMILES string of the molecule is CC[C@@H](C(=O)NC1CCCC1)N(Cc1ccc(Cl)cc1Cl)C(=O)CN(c1ccccc1OC)S(C)(=O)=O. The Hall–Kier alpha value is -2.49. The Morgan fingerprint density at radius 1 is 1.14 bits per heavy atom. The van der Waals surface area contributed by atoms with Gasteiger partial charge in [-0.2, -0.15) is 0 Å². The monoisotopic (exact) mass is 569 g/mol. The lowest BCUT2D eigenvalue weighted by Crippen LogP contribution is -2.53. The van der Waals surface area contributed by atoms with Crippen LogP contribution < -0.4 is 14.4 Å². The fourth-order valence-corrected chi connectivity index (χ4v) is 5.87. The highest BCUT2D eigenvalue weighted by molar-refractivity contribution is 7.92. The third-order valence-corrected chi connectivity index (χ3v) is 8.19. The zero-order valence-corrected chi connectivity index (χ0v) is 23.6. The number of halogens is 2. The first-order valence-electron chi connectivity index (χ1n) is 12.2. The number of carbonyl (C=O) groups is 2. The molecule has 0 aromatic heterocycles. The van der Waals surface area contributed by atoms with E-state index < -0.39 is 28.5 Å². The molecule has 2 aromatic rings. The molecule has 202 valence electrons. The normalized spacial score (nSPS) is 14.7. The molecule has 0 unspecified atom stereocenters. The number of anilines is 1. The zero-order chi connectivity index (χ0) is 27.2. The topological polar surface area (TPSA) is 96.0 Å². The largest absolute Gasteiger partial charge is 0.495 e. The summed E-state index contributed by atoms with van der Waals surface area (Å²) in [5.41, 5.74) is 0.823. The number of methoxy groups -OCH3 is 1. The number of ether oxygens (including phenoxy) is 1. The summed E-state index contributed by atoms with van der Waals surface area (Å²) in [6.07, 6.45) is 5.25. The number of nitrogens with zero attached hydrogens (tertiary/aromatic N) is 2. The number of hydrogen-bond acceptors (Lipinski definition) is 5. The Bertz CT molecular complexity index is 1220. The molecule has 2 amide bonds.